The number of nitrogens with zero attached hydrogens (tertiary/aromatic N) is 1. The Hall–Kier alpha value is -2.43. The molecule has 4 nitrogen and oxygen atoms in total. The summed E-state index contributed by atoms with van der Waals surface area (Å²) in [6.07, 6.45) is 3.31. The molecule has 1 aromatic heterocycles. The molecule has 1 heterocycles. The van der Waals surface area contributed by atoms with Crippen LogP contribution in [0.2, 0.25) is 0 Å². The van der Waals surface area contributed by atoms with Gasteiger partial charge in [0.1, 0.15) is 11.4 Å². The number of benzene rings is 1. The first-order valence-electron chi connectivity index (χ1n) is 5.33. The number of rotatable bonds is 4. The van der Waals surface area contributed by atoms with Crippen LogP contribution in [-0.4, -0.2) is 16.1 Å². The highest BCUT2D eigenvalue weighted by atomic mass is 19.1. The molecule has 5 heteroatoms. The molecule has 0 saturated carbocycles. The van der Waals surface area contributed by atoms with Crippen molar-refractivity contribution in [1.29, 1.82) is 0 Å². The molecule has 0 fully saturated rings. The van der Waals surface area contributed by atoms with Crippen LogP contribution < -0.4 is 5.32 Å². The number of halogens is 1. The van der Waals surface area contributed by atoms with Crippen LogP contribution in [0.25, 0.3) is 0 Å². The lowest BCUT2D eigenvalue weighted by Crippen LogP contribution is -2.08. The Morgan fingerprint density at radius 2 is 2.17 bits per heavy atom. The fourth-order valence-corrected chi connectivity index (χ4v) is 1.59. The number of carboxylic acid groups (broad SMARTS) is 1. The minimum Gasteiger partial charge on any atom is -0.478 e. The summed E-state index contributed by atoms with van der Waals surface area (Å²) in [5.74, 6) is -2.04. The quantitative estimate of drug-likeness (QED) is 0.870. The van der Waals surface area contributed by atoms with E-state index < -0.39 is 11.8 Å². The second-order valence-corrected chi connectivity index (χ2v) is 3.68. The van der Waals surface area contributed by atoms with E-state index in [1.54, 1.807) is 18.5 Å². The first-order valence-corrected chi connectivity index (χ1v) is 5.33. The van der Waals surface area contributed by atoms with Crippen LogP contribution in [0.5, 0.6) is 0 Å². The van der Waals surface area contributed by atoms with E-state index in [0.29, 0.717) is 6.54 Å². The third-order valence-corrected chi connectivity index (χ3v) is 2.43. The maximum atomic E-state index is 13.4. The predicted molar refractivity (Wildman–Crippen MR) is 64.9 cm³/mol. The lowest BCUT2D eigenvalue weighted by molar-refractivity contribution is 0.0693. The number of aromatic nitrogens is 1. The normalized spacial score (nSPS) is 10.1. The fraction of sp³-hybridized carbons (Fsp3) is 0.0769. The molecule has 2 aromatic rings. The molecule has 0 spiro atoms. The Bertz CT molecular complexity index is 558. The first kappa shape index (κ1) is 12.0. The molecular formula is C13H11FN2O2. The summed E-state index contributed by atoms with van der Waals surface area (Å²) in [5.41, 5.74) is 0.797. The molecule has 2 rings (SSSR count). The Morgan fingerprint density at radius 1 is 1.33 bits per heavy atom. The van der Waals surface area contributed by atoms with Crippen LogP contribution in [0.1, 0.15) is 15.9 Å². The summed E-state index contributed by atoms with van der Waals surface area (Å²) < 4.78 is 13.4. The average Bonchev–Trinajstić information content (AvgIpc) is 2.37. The summed E-state index contributed by atoms with van der Waals surface area (Å²) in [6.45, 7) is 0.386. The number of carbonyl (C=O) groups is 1. The van der Waals surface area contributed by atoms with E-state index >= 15 is 0 Å². The Morgan fingerprint density at radius 3 is 2.83 bits per heavy atom. The van der Waals surface area contributed by atoms with Crippen LogP contribution in [0.3, 0.4) is 0 Å². The van der Waals surface area contributed by atoms with Crippen molar-refractivity contribution in [2.75, 3.05) is 5.32 Å². The number of pyridine rings is 1. The van der Waals surface area contributed by atoms with Gasteiger partial charge in [0.2, 0.25) is 0 Å². The van der Waals surface area contributed by atoms with Crippen molar-refractivity contribution < 1.29 is 14.3 Å². The van der Waals surface area contributed by atoms with Crippen LogP contribution in [-0.2, 0) is 6.54 Å². The lowest BCUT2D eigenvalue weighted by atomic mass is 10.1. The smallest absolute Gasteiger partial charge is 0.340 e. The summed E-state index contributed by atoms with van der Waals surface area (Å²) in [4.78, 5) is 14.9. The van der Waals surface area contributed by atoms with Gasteiger partial charge in [-0.05, 0) is 23.8 Å². The SMILES string of the molecule is O=C(O)c1c(F)cccc1NCc1cccnc1. The average molecular weight is 246 g/mol. The van der Waals surface area contributed by atoms with E-state index in [-0.39, 0.29) is 11.3 Å². The van der Waals surface area contributed by atoms with Crippen LogP contribution >= 0.6 is 0 Å². The van der Waals surface area contributed by atoms with Gasteiger partial charge in [-0.25, -0.2) is 9.18 Å². The molecule has 0 aliphatic carbocycles. The number of aromatic carboxylic acids is 1. The number of hydrogen-bond acceptors (Lipinski definition) is 3. The number of hydrogen-bond donors (Lipinski definition) is 2. The van der Waals surface area contributed by atoms with Crippen molar-refractivity contribution in [3.8, 4) is 0 Å². The van der Waals surface area contributed by atoms with Gasteiger partial charge in [0.05, 0.1) is 5.69 Å². The zero-order valence-corrected chi connectivity index (χ0v) is 9.43. The van der Waals surface area contributed by atoms with Crippen molar-refractivity contribution >= 4 is 11.7 Å². The highest BCUT2D eigenvalue weighted by molar-refractivity contribution is 5.94. The topological polar surface area (TPSA) is 62.2 Å². The molecule has 0 aliphatic rings. The molecule has 0 atom stereocenters. The van der Waals surface area contributed by atoms with Gasteiger partial charge in [0.15, 0.2) is 0 Å². The summed E-state index contributed by atoms with van der Waals surface area (Å²) >= 11 is 0. The molecule has 92 valence electrons. The summed E-state index contributed by atoms with van der Waals surface area (Å²) in [7, 11) is 0. The largest absolute Gasteiger partial charge is 0.478 e. The number of nitrogens with one attached hydrogen (secondary N) is 1. The highest BCUT2D eigenvalue weighted by Gasteiger charge is 2.15. The molecule has 2 N–H and O–H groups in total. The Kier molecular flexibility index (Phi) is 3.52. The standard InChI is InChI=1S/C13H11FN2O2/c14-10-4-1-5-11(12(10)13(17)18)16-8-9-3-2-6-15-7-9/h1-7,16H,8H2,(H,17,18). The zero-order valence-electron chi connectivity index (χ0n) is 9.43. The second kappa shape index (κ2) is 5.27. The van der Waals surface area contributed by atoms with Gasteiger partial charge in [-0.15, -0.1) is 0 Å². The van der Waals surface area contributed by atoms with Crippen LogP contribution in [0.15, 0.2) is 42.7 Å². The van der Waals surface area contributed by atoms with Crippen LogP contribution in [0, 0.1) is 5.82 Å². The molecule has 18 heavy (non-hydrogen) atoms. The van der Waals surface area contributed by atoms with Gasteiger partial charge >= 0.3 is 5.97 Å². The van der Waals surface area contributed by atoms with Crippen molar-refractivity contribution in [2.24, 2.45) is 0 Å². The van der Waals surface area contributed by atoms with E-state index in [1.165, 1.54) is 12.1 Å². The monoisotopic (exact) mass is 246 g/mol. The molecule has 0 aliphatic heterocycles. The van der Waals surface area contributed by atoms with E-state index in [4.69, 9.17) is 5.11 Å². The highest BCUT2D eigenvalue weighted by Crippen LogP contribution is 2.19. The Balaban J connectivity index is 2.20. The second-order valence-electron chi connectivity index (χ2n) is 3.68. The molecular weight excluding hydrogens is 235 g/mol. The van der Waals surface area contributed by atoms with Gasteiger partial charge in [-0.1, -0.05) is 12.1 Å². The number of anilines is 1. The van der Waals surface area contributed by atoms with Gasteiger partial charge in [-0.2, -0.15) is 0 Å². The van der Waals surface area contributed by atoms with Crippen LogP contribution in [0.4, 0.5) is 10.1 Å². The maximum Gasteiger partial charge on any atom is 0.340 e. The van der Waals surface area contributed by atoms with E-state index in [1.807, 2.05) is 6.07 Å². The van der Waals surface area contributed by atoms with E-state index in [9.17, 15) is 9.18 Å². The third kappa shape index (κ3) is 2.63. The molecule has 0 amide bonds. The van der Waals surface area contributed by atoms with Gasteiger partial charge in [0.25, 0.3) is 0 Å². The van der Waals surface area contributed by atoms with Gasteiger partial charge in [0, 0.05) is 18.9 Å². The lowest BCUT2D eigenvalue weighted by Gasteiger charge is -2.09. The molecule has 0 unspecified atom stereocenters. The van der Waals surface area contributed by atoms with Gasteiger partial charge in [-0.3, -0.25) is 4.98 Å². The Labute approximate surface area is 103 Å². The van der Waals surface area contributed by atoms with E-state index in [0.717, 1.165) is 11.6 Å². The molecule has 0 saturated heterocycles. The van der Waals surface area contributed by atoms with Crippen molar-refractivity contribution in [3.63, 3.8) is 0 Å². The molecule has 1 aromatic carbocycles. The summed E-state index contributed by atoms with van der Waals surface area (Å²) in [6, 6.07) is 7.75. The zero-order chi connectivity index (χ0) is 13.0. The molecule has 0 radical (unpaired) electrons. The predicted octanol–water partition coefficient (Wildman–Crippen LogP) is 2.53. The van der Waals surface area contributed by atoms with Crippen molar-refractivity contribution in [2.45, 2.75) is 6.54 Å². The van der Waals surface area contributed by atoms with E-state index in [2.05, 4.69) is 10.3 Å². The van der Waals surface area contributed by atoms with Crippen molar-refractivity contribution in [1.82, 2.24) is 4.98 Å². The van der Waals surface area contributed by atoms with Crippen molar-refractivity contribution in [3.05, 3.63) is 59.7 Å². The first-order chi connectivity index (χ1) is 8.68. The fourth-order valence-electron chi connectivity index (χ4n) is 1.59. The third-order valence-electron chi connectivity index (χ3n) is 2.43. The molecule has 0 bridgehead atoms. The minimum atomic E-state index is -1.29. The van der Waals surface area contributed by atoms with Gasteiger partial charge < -0.3 is 10.4 Å². The number of carboxylic acids is 1. The minimum absolute atomic E-state index is 0.256. The maximum absolute atomic E-state index is 13.4. The summed E-state index contributed by atoms with van der Waals surface area (Å²) in [5, 5.41) is 11.8.